The van der Waals surface area contributed by atoms with Crippen molar-refractivity contribution in [2.45, 2.75) is 0 Å². The second-order valence-corrected chi connectivity index (χ2v) is 5.49. The van der Waals surface area contributed by atoms with E-state index in [2.05, 4.69) is 4.99 Å². The van der Waals surface area contributed by atoms with Gasteiger partial charge in [-0.25, -0.2) is 9.79 Å². The van der Waals surface area contributed by atoms with Gasteiger partial charge in [0.1, 0.15) is 5.75 Å². The second-order valence-electron chi connectivity index (χ2n) is 5.49. The third kappa shape index (κ3) is 3.57. The van der Waals surface area contributed by atoms with Crippen molar-refractivity contribution in [2.24, 2.45) is 4.99 Å². The fourth-order valence-electron chi connectivity index (χ4n) is 2.65. The zero-order chi connectivity index (χ0) is 19.4. The number of carbonyl (C=O) groups excluding carboxylic acids is 1. The van der Waals surface area contributed by atoms with Gasteiger partial charge in [-0.2, -0.15) is 0 Å². The molecule has 0 atom stereocenters. The van der Waals surface area contributed by atoms with Crippen LogP contribution < -0.4 is 18.9 Å². The number of esters is 1. The number of aliphatic imine (C=N–C) groups is 1. The van der Waals surface area contributed by atoms with Crippen LogP contribution in [0.4, 0.5) is 0 Å². The topological polar surface area (TPSA) is 75.6 Å². The van der Waals surface area contributed by atoms with E-state index in [4.69, 9.17) is 23.7 Å². The minimum Gasteiger partial charge on any atom is -0.497 e. The summed E-state index contributed by atoms with van der Waals surface area (Å²) in [5.41, 5.74) is 1.44. The highest BCUT2D eigenvalue weighted by Crippen LogP contribution is 2.40. The normalized spacial score (nSPS) is 14.6. The number of ether oxygens (including phenoxy) is 5. The number of carbonyl (C=O) groups is 1. The van der Waals surface area contributed by atoms with Crippen LogP contribution in [0, 0.1) is 0 Å². The Balaban J connectivity index is 1.99. The maximum absolute atomic E-state index is 12.2. The Hall–Kier alpha value is -3.48. The number of nitrogens with zero attached hydrogens (tertiary/aromatic N) is 1. The number of hydrogen-bond donors (Lipinski definition) is 0. The quantitative estimate of drug-likeness (QED) is 0.575. The average Bonchev–Trinajstić information content (AvgIpc) is 3.07. The molecule has 0 aromatic heterocycles. The molecule has 7 heteroatoms. The van der Waals surface area contributed by atoms with E-state index in [0.29, 0.717) is 34.1 Å². The molecule has 0 amide bonds. The van der Waals surface area contributed by atoms with Crippen LogP contribution in [0.2, 0.25) is 0 Å². The molecular formula is C20H19NO6. The SMILES string of the molecule is COc1ccc(C2=NC(=Cc3ccc(OC)c(OC)c3OC)C(=O)O2)cc1. The van der Waals surface area contributed by atoms with Crippen LogP contribution >= 0.6 is 0 Å². The predicted octanol–water partition coefficient (Wildman–Crippen LogP) is 3.07. The molecule has 2 aromatic carbocycles. The van der Waals surface area contributed by atoms with Crippen LogP contribution in [0.5, 0.6) is 23.0 Å². The van der Waals surface area contributed by atoms with Gasteiger partial charge < -0.3 is 23.7 Å². The summed E-state index contributed by atoms with van der Waals surface area (Å²) >= 11 is 0. The summed E-state index contributed by atoms with van der Waals surface area (Å²) in [5, 5.41) is 0. The van der Waals surface area contributed by atoms with Gasteiger partial charge in [0.05, 0.1) is 28.4 Å². The second kappa shape index (κ2) is 7.82. The smallest absolute Gasteiger partial charge is 0.363 e. The molecule has 1 aliphatic heterocycles. The highest BCUT2D eigenvalue weighted by molar-refractivity contribution is 6.13. The molecule has 0 saturated carbocycles. The summed E-state index contributed by atoms with van der Waals surface area (Å²) in [7, 11) is 6.15. The van der Waals surface area contributed by atoms with E-state index in [-0.39, 0.29) is 11.6 Å². The molecule has 0 N–H and O–H groups in total. The van der Waals surface area contributed by atoms with Gasteiger partial charge in [-0.1, -0.05) is 0 Å². The molecule has 7 nitrogen and oxygen atoms in total. The number of benzene rings is 2. The summed E-state index contributed by atoms with van der Waals surface area (Å²) in [5.74, 6) is 1.78. The molecule has 0 radical (unpaired) electrons. The predicted molar refractivity (Wildman–Crippen MR) is 99.7 cm³/mol. The van der Waals surface area contributed by atoms with Gasteiger partial charge in [-0.3, -0.25) is 0 Å². The van der Waals surface area contributed by atoms with Crippen molar-refractivity contribution in [3.63, 3.8) is 0 Å². The van der Waals surface area contributed by atoms with E-state index in [9.17, 15) is 4.79 Å². The molecule has 1 heterocycles. The van der Waals surface area contributed by atoms with Crippen molar-refractivity contribution < 1.29 is 28.5 Å². The molecule has 0 bridgehead atoms. The monoisotopic (exact) mass is 369 g/mol. The van der Waals surface area contributed by atoms with Crippen molar-refractivity contribution in [1.82, 2.24) is 0 Å². The van der Waals surface area contributed by atoms with Crippen molar-refractivity contribution in [1.29, 1.82) is 0 Å². The minimum atomic E-state index is -0.544. The number of hydrogen-bond acceptors (Lipinski definition) is 7. The maximum atomic E-state index is 12.2. The van der Waals surface area contributed by atoms with Gasteiger partial charge in [0.15, 0.2) is 17.2 Å². The fraction of sp³-hybridized carbons (Fsp3) is 0.200. The summed E-state index contributed by atoms with van der Waals surface area (Å²) in [6, 6.07) is 10.6. The molecule has 27 heavy (non-hydrogen) atoms. The maximum Gasteiger partial charge on any atom is 0.363 e. The Morgan fingerprint density at radius 3 is 2.15 bits per heavy atom. The van der Waals surface area contributed by atoms with Crippen LogP contribution in [-0.4, -0.2) is 40.3 Å². The van der Waals surface area contributed by atoms with Crippen molar-refractivity contribution in [3.8, 4) is 23.0 Å². The van der Waals surface area contributed by atoms with E-state index in [1.54, 1.807) is 49.6 Å². The highest BCUT2D eigenvalue weighted by atomic mass is 16.6. The Bertz CT molecular complexity index is 915. The van der Waals surface area contributed by atoms with Gasteiger partial charge in [0.25, 0.3) is 0 Å². The number of cyclic esters (lactones) is 1. The van der Waals surface area contributed by atoms with Crippen LogP contribution in [-0.2, 0) is 9.53 Å². The Labute approximate surface area is 156 Å². The van der Waals surface area contributed by atoms with Gasteiger partial charge in [-0.05, 0) is 42.5 Å². The van der Waals surface area contributed by atoms with E-state index < -0.39 is 5.97 Å². The Morgan fingerprint density at radius 2 is 1.56 bits per heavy atom. The lowest BCUT2D eigenvalue weighted by Crippen LogP contribution is -2.05. The molecule has 2 aromatic rings. The summed E-state index contributed by atoms with van der Waals surface area (Å²) in [6.07, 6.45) is 1.58. The first-order valence-corrected chi connectivity index (χ1v) is 8.07. The molecule has 0 aliphatic carbocycles. The molecule has 140 valence electrons. The first-order valence-electron chi connectivity index (χ1n) is 8.07. The molecular weight excluding hydrogens is 350 g/mol. The fourth-order valence-corrected chi connectivity index (χ4v) is 2.65. The summed E-state index contributed by atoms with van der Waals surface area (Å²) < 4.78 is 26.5. The summed E-state index contributed by atoms with van der Waals surface area (Å²) in [4.78, 5) is 16.5. The van der Waals surface area contributed by atoms with Crippen molar-refractivity contribution >= 4 is 17.9 Å². The lowest BCUT2D eigenvalue weighted by Gasteiger charge is -2.14. The van der Waals surface area contributed by atoms with Gasteiger partial charge in [0.2, 0.25) is 11.6 Å². The molecule has 0 unspecified atom stereocenters. The van der Waals surface area contributed by atoms with Gasteiger partial charge in [0, 0.05) is 11.1 Å². The molecule has 0 saturated heterocycles. The molecule has 0 spiro atoms. The minimum absolute atomic E-state index is 0.159. The molecule has 1 aliphatic rings. The van der Waals surface area contributed by atoms with E-state index in [1.165, 1.54) is 21.3 Å². The van der Waals surface area contributed by atoms with Crippen molar-refractivity contribution in [3.05, 3.63) is 53.2 Å². The van der Waals surface area contributed by atoms with E-state index in [0.717, 1.165) is 0 Å². The average molecular weight is 369 g/mol. The van der Waals surface area contributed by atoms with E-state index in [1.807, 2.05) is 0 Å². The van der Waals surface area contributed by atoms with E-state index >= 15 is 0 Å². The largest absolute Gasteiger partial charge is 0.497 e. The Morgan fingerprint density at radius 1 is 0.852 bits per heavy atom. The van der Waals surface area contributed by atoms with Crippen LogP contribution in [0.25, 0.3) is 6.08 Å². The molecule has 3 rings (SSSR count). The number of methoxy groups -OCH3 is 4. The standard InChI is InChI=1S/C20H19NO6/c1-23-14-8-5-12(6-9-14)19-21-15(20(22)27-19)11-13-7-10-16(24-2)18(26-4)17(13)25-3/h5-11H,1-4H3. The first kappa shape index (κ1) is 18.3. The summed E-state index contributed by atoms with van der Waals surface area (Å²) in [6.45, 7) is 0. The molecule has 0 fully saturated rings. The lowest BCUT2D eigenvalue weighted by atomic mass is 10.1. The zero-order valence-corrected chi connectivity index (χ0v) is 15.4. The van der Waals surface area contributed by atoms with Crippen LogP contribution in [0.3, 0.4) is 0 Å². The zero-order valence-electron chi connectivity index (χ0n) is 15.4. The van der Waals surface area contributed by atoms with Gasteiger partial charge >= 0.3 is 5.97 Å². The first-order chi connectivity index (χ1) is 13.1. The van der Waals surface area contributed by atoms with Crippen LogP contribution in [0.1, 0.15) is 11.1 Å². The van der Waals surface area contributed by atoms with Gasteiger partial charge in [-0.15, -0.1) is 0 Å². The number of rotatable bonds is 6. The van der Waals surface area contributed by atoms with Crippen LogP contribution in [0.15, 0.2) is 47.1 Å². The third-order valence-corrected chi connectivity index (χ3v) is 3.98. The Kier molecular flexibility index (Phi) is 5.30. The third-order valence-electron chi connectivity index (χ3n) is 3.98. The van der Waals surface area contributed by atoms with Crippen molar-refractivity contribution in [2.75, 3.05) is 28.4 Å². The lowest BCUT2D eigenvalue weighted by molar-refractivity contribution is -0.129. The highest BCUT2D eigenvalue weighted by Gasteiger charge is 2.25.